The number of Topliss-reactive ketones (excluding diaryl/α,β-unsaturated/α-hetero) is 1. The van der Waals surface area contributed by atoms with Crippen molar-refractivity contribution in [3.63, 3.8) is 0 Å². The third kappa shape index (κ3) is 5.32. The Labute approximate surface area is 187 Å². The Bertz CT molecular complexity index is 1110. The Morgan fingerprint density at radius 2 is 1.77 bits per heavy atom. The lowest BCUT2D eigenvalue weighted by molar-refractivity contribution is 0.0974. The Kier molecular flexibility index (Phi) is 7.46. The second-order valence-electron chi connectivity index (χ2n) is 7.89. The predicted octanol–water partition coefficient (Wildman–Crippen LogP) is 4.18. The van der Waals surface area contributed by atoms with Crippen LogP contribution in [0.4, 0.5) is 10.1 Å². The highest BCUT2D eigenvalue weighted by Gasteiger charge is 2.20. The summed E-state index contributed by atoms with van der Waals surface area (Å²) < 4.78 is 13.0. The summed E-state index contributed by atoms with van der Waals surface area (Å²) in [4.78, 5) is 32.3. The lowest BCUT2D eigenvalue weighted by Gasteiger charge is -2.35. The maximum absolute atomic E-state index is 13.0. The van der Waals surface area contributed by atoms with E-state index >= 15 is 0 Å². The van der Waals surface area contributed by atoms with Crippen LogP contribution < -0.4 is 10.5 Å². The van der Waals surface area contributed by atoms with Crippen LogP contribution in [-0.4, -0.2) is 48.4 Å². The van der Waals surface area contributed by atoms with Crippen molar-refractivity contribution >= 4 is 34.8 Å². The van der Waals surface area contributed by atoms with Gasteiger partial charge < -0.3 is 9.88 Å². The molecule has 1 N–H and O–H groups in total. The van der Waals surface area contributed by atoms with E-state index in [4.69, 9.17) is 0 Å². The van der Waals surface area contributed by atoms with Crippen molar-refractivity contribution in [2.24, 2.45) is 0 Å². The maximum atomic E-state index is 13.0. The van der Waals surface area contributed by atoms with Gasteiger partial charge >= 0.3 is 0 Å². The number of piperazine rings is 1. The zero-order chi connectivity index (χ0) is 21.1. The van der Waals surface area contributed by atoms with Gasteiger partial charge in [0.1, 0.15) is 11.5 Å². The number of hydrogen-bond donors (Lipinski definition) is 1. The molecule has 4 rings (SSSR count). The standard InChI is InChI=1S/C24H26FN3O2.ClH/c1-17-4-2-5-19-16-21(24(30)26-23(17)19)28-14-12-27(13-15-28)11-3-6-22(29)18-7-9-20(25)10-8-18;/h2,4-5,7-10,16H,3,6,11-15H2,1H3,(H,26,30);1H. The number of nitrogens with zero attached hydrogens (tertiary/aromatic N) is 2. The number of para-hydroxylation sites is 1. The minimum absolute atomic E-state index is 0. The first-order chi connectivity index (χ1) is 14.5. The number of ketones is 1. The van der Waals surface area contributed by atoms with E-state index in [9.17, 15) is 14.0 Å². The second kappa shape index (κ2) is 10.1. The molecule has 1 saturated heterocycles. The molecule has 0 amide bonds. The van der Waals surface area contributed by atoms with Gasteiger partial charge in [0, 0.05) is 43.5 Å². The number of aromatic amines is 1. The molecule has 0 aliphatic carbocycles. The molecule has 1 aromatic heterocycles. The Hall–Kier alpha value is -2.70. The highest BCUT2D eigenvalue weighted by molar-refractivity contribution is 5.96. The van der Waals surface area contributed by atoms with Gasteiger partial charge in [-0.05, 0) is 55.8 Å². The van der Waals surface area contributed by atoms with Crippen molar-refractivity contribution < 1.29 is 9.18 Å². The van der Waals surface area contributed by atoms with Crippen LogP contribution in [-0.2, 0) is 0 Å². The second-order valence-corrected chi connectivity index (χ2v) is 7.89. The van der Waals surface area contributed by atoms with Gasteiger partial charge in [-0.15, -0.1) is 12.4 Å². The monoisotopic (exact) mass is 443 g/mol. The highest BCUT2D eigenvalue weighted by Crippen LogP contribution is 2.20. The van der Waals surface area contributed by atoms with Crippen molar-refractivity contribution in [3.8, 4) is 0 Å². The van der Waals surface area contributed by atoms with Crippen molar-refractivity contribution in [1.82, 2.24) is 9.88 Å². The quantitative estimate of drug-likeness (QED) is 0.580. The third-order valence-electron chi connectivity index (χ3n) is 5.83. The van der Waals surface area contributed by atoms with Gasteiger partial charge in [0.05, 0.1) is 5.52 Å². The molecule has 31 heavy (non-hydrogen) atoms. The zero-order valence-corrected chi connectivity index (χ0v) is 18.4. The van der Waals surface area contributed by atoms with E-state index < -0.39 is 0 Å². The summed E-state index contributed by atoms with van der Waals surface area (Å²) in [6.45, 7) is 6.12. The number of nitrogens with one attached hydrogen (secondary N) is 1. The molecule has 1 fully saturated rings. The van der Waals surface area contributed by atoms with E-state index in [0.717, 1.165) is 61.3 Å². The topological polar surface area (TPSA) is 56.4 Å². The van der Waals surface area contributed by atoms with Crippen LogP contribution in [0.25, 0.3) is 10.9 Å². The van der Waals surface area contributed by atoms with Crippen LogP contribution in [0.5, 0.6) is 0 Å². The molecule has 1 aliphatic heterocycles. The average Bonchev–Trinajstić information content (AvgIpc) is 2.75. The normalized spacial score (nSPS) is 14.5. The van der Waals surface area contributed by atoms with E-state index in [1.165, 1.54) is 12.1 Å². The predicted molar refractivity (Wildman–Crippen MR) is 125 cm³/mol. The van der Waals surface area contributed by atoms with Gasteiger partial charge in [0.25, 0.3) is 5.56 Å². The van der Waals surface area contributed by atoms with Crippen LogP contribution in [0.1, 0.15) is 28.8 Å². The number of pyridine rings is 1. The average molecular weight is 444 g/mol. The number of aryl methyl sites for hydroxylation is 1. The van der Waals surface area contributed by atoms with Gasteiger partial charge in [-0.1, -0.05) is 18.2 Å². The fraction of sp³-hybridized carbons (Fsp3) is 0.333. The third-order valence-corrected chi connectivity index (χ3v) is 5.83. The largest absolute Gasteiger partial charge is 0.365 e. The summed E-state index contributed by atoms with van der Waals surface area (Å²) >= 11 is 0. The summed E-state index contributed by atoms with van der Waals surface area (Å²) in [5.74, 6) is -0.281. The first-order valence-corrected chi connectivity index (χ1v) is 10.4. The fourth-order valence-electron chi connectivity index (χ4n) is 4.06. The van der Waals surface area contributed by atoms with E-state index in [1.54, 1.807) is 12.1 Å². The van der Waals surface area contributed by atoms with Crippen molar-refractivity contribution in [2.45, 2.75) is 19.8 Å². The summed E-state index contributed by atoms with van der Waals surface area (Å²) in [6, 6.07) is 13.7. The molecule has 2 heterocycles. The number of hydrogen-bond acceptors (Lipinski definition) is 4. The number of halogens is 2. The molecule has 0 spiro atoms. The first kappa shape index (κ1) is 23.0. The van der Waals surface area contributed by atoms with E-state index in [0.29, 0.717) is 12.0 Å². The Morgan fingerprint density at radius 3 is 2.48 bits per heavy atom. The van der Waals surface area contributed by atoms with Crippen LogP contribution in [0, 0.1) is 12.7 Å². The van der Waals surface area contributed by atoms with E-state index in [2.05, 4.69) is 14.8 Å². The molecule has 0 radical (unpaired) electrons. The molecular weight excluding hydrogens is 417 g/mol. The number of carbonyl (C=O) groups is 1. The minimum atomic E-state index is -0.329. The van der Waals surface area contributed by atoms with Crippen molar-refractivity contribution in [1.29, 1.82) is 0 Å². The molecule has 0 atom stereocenters. The number of rotatable bonds is 6. The smallest absolute Gasteiger partial charge is 0.271 e. The molecular formula is C24H27ClFN3O2. The van der Waals surface area contributed by atoms with Crippen molar-refractivity contribution in [3.05, 3.63) is 75.8 Å². The molecule has 2 aromatic carbocycles. The van der Waals surface area contributed by atoms with Crippen molar-refractivity contribution in [2.75, 3.05) is 37.6 Å². The summed E-state index contributed by atoms with van der Waals surface area (Å²) in [6.07, 6.45) is 1.22. The van der Waals surface area contributed by atoms with E-state index in [-0.39, 0.29) is 29.6 Å². The van der Waals surface area contributed by atoms with E-state index in [1.807, 2.05) is 31.2 Å². The van der Waals surface area contributed by atoms with Gasteiger partial charge in [-0.3, -0.25) is 14.5 Å². The first-order valence-electron chi connectivity index (χ1n) is 10.4. The van der Waals surface area contributed by atoms with Crippen LogP contribution in [0.15, 0.2) is 53.3 Å². The van der Waals surface area contributed by atoms with Gasteiger partial charge in [0.2, 0.25) is 0 Å². The maximum Gasteiger partial charge on any atom is 0.271 e. The van der Waals surface area contributed by atoms with Gasteiger partial charge in [-0.2, -0.15) is 0 Å². The Balaban J connectivity index is 0.00000272. The van der Waals surface area contributed by atoms with Crippen LogP contribution in [0.2, 0.25) is 0 Å². The van der Waals surface area contributed by atoms with Gasteiger partial charge in [0.15, 0.2) is 5.78 Å². The number of anilines is 1. The molecule has 0 saturated carbocycles. The molecule has 0 bridgehead atoms. The molecule has 5 nitrogen and oxygen atoms in total. The fourth-order valence-corrected chi connectivity index (χ4v) is 4.06. The Morgan fingerprint density at radius 1 is 1.06 bits per heavy atom. The number of aromatic nitrogens is 1. The lowest BCUT2D eigenvalue weighted by atomic mass is 10.1. The number of H-pyrrole nitrogens is 1. The molecule has 7 heteroatoms. The number of carbonyl (C=O) groups excluding carboxylic acids is 1. The van der Waals surface area contributed by atoms with Gasteiger partial charge in [-0.25, -0.2) is 4.39 Å². The summed E-state index contributed by atoms with van der Waals surface area (Å²) in [5, 5.41) is 1.05. The summed E-state index contributed by atoms with van der Waals surface area (Å²) in [5.41, 5.74) is 3.20. The molecule has 1 aliphatic rings. The minimum Gasteiger partial charge on any atom is -0.365 e. The molecule has 0 unspecified atom stereocenters. The molecule has 3 aromatic rings. The van der Waals surface area contributed by atoms with Crippen LogP contribution in [0.3, 0.4) is 0 Å². The number of fused-ring (bicyclic) bond motifs is 1. The SMILES string of the molecule is Cc1cccc2cc(N3CCN(CCCC(=O)c4ccc(F)cc4)CC3)c(=O)[nH]c12.Cl. The number of benzene rings is 2. The highest BCUT2D eigenvalue weighted by atomic mass is 35.5. The molecule has 164 valence electrons. The zero-order valence-electron chi connectivity index (χ0n) is 17.6. The summed E-state index contributed by atoms with van der Waals surface area (Å²) in [7, 11) is 0. The van der Waals surface area contributed by atoms with Crippen LogP contribution >= 0.6 is 12.4 Å². The lowest BCUT2D eigenvalue weighted by Crippen LogP contribution is -2.48.